The normalized spacial score (nSPS) is 9.96. The Labute approximate surface area is 144 Å². The maximum absolute atomic E-state index is 11.9. The van der Waals surface area contributed by atoms with Gasteiger partial charge in [-0.2, -0.15) is 0 Å². The fraction of sp³-hybridized carbons (Fsp3) is 0.188. The summed E-state index contributed by atoms with van der Waals surface area (Å²) in [6, 6.07) is 4.83. The van der Waals surface area contributed by atoms with E-state index in [0.717, 1.165) is 0 Å². The largest absolute Gasteiger partial charge is 0.495 e. The molecule has 0 radical (unpaired) electrons. The number of hydrogen-bond acceptors (Lipinski definition) is 6. The molecule has 1 aromatic carbocycles. The van der Waals surface area contributed by atoms with Crippen LogP contribution < -0.4 is 20.1 Å². The number of aromatic nitrogens is 2. The summed E-state index contributed by atoms with van der Waals surface area (Å²) in [6.07, 6.45) is 2.88. The second kappa shape index (κ2) is 8.16. The zero-order chi connectivity index (χ0) is 17.5. The number of ether oxygens (including phenoxy) is 2. The average molecular weight is 349 g/mol. The molecule has 7 nitrogen and oxygen atoms in total. The number of carbonyl (C=O) groups is 1. The van der Waals surface area contributed by atoms with Gasteiger partial charge in [0.15, 0.2) is 0 Å². The topological polar surface area (TPSA) is 85.4 Å². The molecule has 0 fully saturated rings. The van der Waals surface area contributed by atoms with Crippen LogP contribution in [0.25, 0.3) is 0 Å². The lowest BCUT2D eigenvalue weighted by atomic mass is 10.2. The van der Waals surface area contributed by atoms with Crippen molar-refractivity contribution >= 4 is 29.0 Å². The Kier molecular flexibility index (Phi) is 5.97. The molecule has 2 N–H and O–H groups in total. The molecule has 1 aromatic heterocycles. The van der Waals surface area contributed by atoms with Crippen LogP contribution in [-0.4, -0.2) is 36.6 Å². The number of hydrogen-bond donors (Lipinski definition) is 2. The molecule has 0 spiro atoms. The minimum Gasteiger partial charge on any atom is -0.495 e. The highest BCUT2D eigenvalue weighted by molar-refractivity contribution is 6.32. The Balaban J connectivity index is 2.28. The van der Waals surface area contributed by atoms with E-state index in [1.165, 1.54) is 26.6 Å². The molecular formula is C16H17ClN4O3. The van der Waals surface area contributed by atoms with Crippen molar-refractivity contribution in [3.8, 4) is 11.5 Å². The van der Waals surface area contributed by atoms with E-state index in [1.54, 1.807) is 18.2 Å². The Morgan fingerprint density at radius 1 is 1.25 bits per heavy atom. The van der Waals surface area contributed by atoms with E-state index < -0.39 is 0 Å². The van der Waals surface area contributed by atoms with Crippen LogP contribution >= 0.6 is 11.6 Å². The van der Waals surface area contributed by atoms with Gasteiger partial charge >= 0.3 is 0 Å². The first-order valence-corrected chi connectivity index (χ1v) is 7.36. The summed E-state index contributed by atoms with van der Waals surface area (Å²) in [7, 11) is 3.04. The molecule has 2 aromatic rings. The molecule has 0 unspecified atom stereocenters. The minimum absolute atomic E-state index is 0.231. The average Bonchev–Trinajstić information content (AvgIpc) is 2.60. The summed E-state index contributed by atoms with van der Waals surface area (Å²) in [5, 5.41) is 6.14. The van der Waals surface area contributed by atoms with E-state index in [0.29, 0.717) is 34.6 Å². The summed E-state index contributed by atoms with van der Waals surface area (Å²) in [6.45, 7) is 3.90. The maximum Gasteiger partial charge on any atom is 0.270 e. The Bertz CT molecular complexity index is 752. The smallest absolute Gasteiger partial charge is 0.270 e. The molecule has 1 amide bonds. The highest BCUT2D eigenvalue weighted by atomic mass is 35.5. The van der Waals surface area contributed by atoms with Crippen LogP contribution in [0.4, 0.5) is 11.5 Å². The lowest BCUT2D eigenvalue weighted by Gasteiger charge is -2.13. The van der Waals surface area contributed by atoms with E-state index in [-0.39, 0.29) is 11.6 Å². The first kappa shape index (κ1) is 17.6. The van der Waals surface area contributed by atoms with E-state index in [2.05, 4.69) is 27.2 Å². The van der Waals surface area contributed by atoms with Crippen molar-refractivity contribution in [2.24, 2.45) is 0 Å². The fourth-order valence-corrected chi connectivity index (χ4v) is 2.13. The van der Waals surface area contributed by atoms with Crippen molar-refractivity contribution in [1.82, 2.24) is 15.3 Å². The summed E-state index contributed by atoms with van der Waals surface area (Å²) in [5.41, 5.74) is 0.823. The van der Waals surface area contributed by atoms with Crippen LogP contribution in [0.2, 0.25) is 5.02 Å². The molecular weight excluding hydrogens is 332 g/mol. The van der Waals surface area contributed by atoms with Gasteiger partial charge < -0.3 is 20.1 Å². The van der Waals surface area contributed by atoms with Gasteiger partial charge in [-0.1, -0.05) is 17.7 Å². The van der Waals surface area contributed by atoms with Gasteiger partial charge in [0.2, 0.25) is 0 Å². The third-order valence-corrected chi connectivity index (χ3v) is 3.34. The summed E-state index contributed by atoms with van der Waals surface area (Å²) in [5.74, 6) is 1.10. The zero-order valence-electron chi connectivity index (χ0n) is 13.3. The molecule has 0 aliphatic carbocycles. The maximum atomic E-state index is 11.9. The standard InChI is InChI=1S/C16H17ClN4O3/c1-4-5-18-16(22)12-8-15(20-9-19-12)21-11-7-13(23-2)10(17)6-14(11)24-3/h4,6-9H,1,5H2,2-3H3,(H,18,22)(H,19,20,21). The van der Waals surface area contributed by atoms with Gasteiger partial charge in [-0.15, -0.1) is 6.58 Å². The third-order valence-electron chi connectivity index (χ3n) is 3.04. The number of benzene rings is 1. The van der Waals surface area contributed by atoms with Crippen molar-refractivity contribution in [3.63, 3.8) is 0 Å². The van der Waals surface area contributed by atoms with Gasteiger partial charge in [0.25, 0.3) is 5.91 Å². The molecule has 0 saturated heterocycles. The van der Waals surface area contributed by atoms with E-state index in [1.807, 2.05) is 0 Å². The second-order valence-electron chi connectivity index (χ2n) is 4.60. The fourth-order valence-electron chi connectivity index (χ4n) is 1.90. The first-order chi connectivity index (χ1) is 11.6. The van der Waals surface area contributed by atoms with E-state index >= 15 is 0 Å². The van der Waals surface area contributed by atoms with E-state index in [9.17, 15) is 4.79 Å². The molecule has 1 heterocycles. The van der Waals surface area contributed by atoms with Gasteiger partial charge in [0, 0.05) is 24.7 Å². The van der Waals surface area contributed by atoms with Gasteiger partial charge in [0.05, 0.1) is 24.9 Å². The number of carbonyl (C=O) groups excluding carboxylic acids is 1. The molecule has 2 rings (SSSR count). The molecule has 0 saturated carbocycles. The molecule has 0 atom stereocenters. The van der Waals surface area contributed by atoms with Crippen molar-refractivity contribution in [2.45, 2.75) is 0 Å². The lowest BCUT2D eigenvalue weighted by molar-refractivity contribution is 0.0953. The minimum atomic E-state index is -0.319. The molecule has 0 aliphatic rings. The number of rotatable bonds is 7. The van der Waals surface area contributed by atoms with E-state index in [4.69, 9.17) is 21.1 Å². The number of nitrogens with zero attached hydrogens (tertiary/aromatic N) is 2. The van der Waals surface area contributed by atoms with Crippen molar-refractivity contribution in [2.75, 3.05) is 26.1 Å². The van der Waals surface area contributed by atoms with Crippen LogP contribution in [0.15, 0.2) is 37.2 Å². The van der Waals surface area contributed by atoms with Crippen LogP contribution in [0.3, 0.4) is 0 Å². The number of halogens is 1. The molecule has 24 heavy (non-hydrogen) atoms. The predicted octanol–water partition coefficient (Wildman–Crippen LogP) is 2.81. The quantitative estimate of drug-likeness (QED) is 0.748. The van der Waals surface area contributed by atoms with Crippen molar-refractivity contribution in [1.29, 1.82) is 0 Å². The van der Waals surface area contributed by atoms with Crippen molar-refractivity contribution in [3.05, 3.63) is 47.9 Å². The Hall–Kier alpha value is -2.80. The number of nitrogens with one attached hydrogen (secondary N) is 2. The predicted molar refractivity (Wildman–Crippen MR) is 92.4 cm³/mol. The highest BCUT2D eigenvalue weighted by Gasteiger charge is 2.12. The van der Waals surface area contributed by atoms with Crippen LogP contribution in [0.5, 0.6) is 11.5 Å². The summed E-state index contributed by atoms with van der Waals surface area (Å²) in [4.78, 5) is 20.0. The first-order valence-electron chi connectivity index (χ1n) is 6.98. The van der Waals surface area contributed by atoms with Crippen LogP contribution in [0.1, 0.15) is 10.5 Å². The Morgan fingerprint density at radius 2 is 2.00 bits per heavy atom. The highest BCUT2D eigenvalue weighted by Crippen LogP contribution is 2.37. The van der Waals surface area contributed by atoms with Crippen LogP contribution in [-0.2, 0) is 0 Å². The number of amides is 1. The monoisotopic (exact) mass is 348 g/mol. The summed E-state index contributed by atoms with van der Waals surface area (Å²) >= 11 is 6.08. The summed E-state index contributed by atoms with van der Waals surface area (Å²) < 4.78 is 10.5. The molecule has 8 heteroatoms. The second-order valence-corrected chi connectivity index (χ2v) is 5.01. The zero-order valence-corrected chi connectivity index (χ0v) is 14.1. The molecule has 0 bridgehead atoms. The number of anilines is 2. The number of methoxy groups -OCH3 is 2. The molecule has 126 valence electrons. The Morgan fingerprint density at radius 3 is 2.67 bits per heavy atom. The SMILES string of the molecule is C=CCNC(=O)c1cc(Nc2cc(OC)c(Cl)cc2OC)ncn1. The van der Waals surface area contributed by atoms with Gasteiger partial charge in [-0.25, -0.2) is 9.97 Å². The third kappa shape index (κ3) is 4.14. The van der Waals surface area contributed by atoms with Gasteiger partial charge in [-0.05, 0) is 0 Å². The van der Waals surface area contributed by atoms with Gasteiger partial charge in [0.1, 0.15) is 29.3 Å². The lowest BCUT2D eigenvalue weighted by Crippen LogP contribution is -2.24. The molecule has 0 aliphatic heterocycles. The van der Waals surface area contributed by atoms with Crippen molar-refractivity contribution < 1.29 is 14.3 Å². The van der Waals surface area contributed by atoms with Gasteiger partial charge in [-0.3, -0.25) is 4.79 Å². The van der Waals surface area contributed by atoms with Crippen LogP contribution in [0, 0.1) is 0 Å².